The molecule has 1 rings (SSSR count). The van der Waals surface area contributed by atoms with Crippen LogP contribution >= 0.6 is 15.9 Å². The SMILES string of the molecule is Cc1cc(Br)c(C(F)(F)F)cc1O. The fraction of sp³-hybridized carbons (Fsp3) is 0.250. The van der Waals surface area contributed by atoms with Gasteiger partial charge >= 0.3 is 6.18 Å². The van der Waals surface area contributed by atoms with E-state index >= 15 is 0 Å². The van der Waals surface area contributed by atoms with Crippen molar-refractivity contribution in [3.05, 3.63) is 27.7 Å². The summed E-state index contributed by atoms with van der Waals surface area (Å²) in [4.78, 5) is 0. The summed E-state index contributed by atoms with van der Waals surface area (Å²) in [7, 11) is 0. The second kappa shape index (κ2) is 3.21. The molecule has 1 aromatic carbocycles. The van der Waals surface area contributed by atoms with Gasteiger partial charge in [0.05, 0.1) is 5.56 Å². The third-order valence-electron chi connectivity index (χ3n) is 1.59. The van der Waals surface area contributed by atoms with Crippen molar-refractivity contribution in [2.45, 2.75) is 13.1 Å². The van der Waals surface area contributed by atoms with Gasteiger partial charge in [0.25, 0.3) is 0 Å². The van der Waals surface area contributed by atoms with Gasteiger partial charge in [-0.25, -0.2) is 0 Å². The summed E-state index contributed by atoms with van der Waals surface area (Å²) in [6.07, 6.45) is -4.44. The van der Waals surface area contributed by atoms with Crippen molar-refractivity contribution >= 4 is 15.9 Å². The van der Waals surface area contributed by atoms with Crippen LogP contribution in [0, 0.1) is 6.92 Å². The molecule has 13 heavy (non-hydrogen) atoms. The summed E-state index contributed by atoms with van der Waals surface area (Å²) in [6, 6.07) is 1.94. The van der Waals surface area contributed by atoms with Gasteiger partial charge in [-0.1, -0.05) is 15.9 Å². The summed E-state index contributed by atoms with van der Waals surface area (Å²) in [5.74, 6) is -0.351. The number of phenolic OH excluding ortho intramolecular Hbond substituents is 1. The Hall–Kier alpha value is -0.710. The van der Waals surface area contributed by atoms with Crippen LogP contribution in [0.5, 0.6) is 5.75 Å². The van der Waals surface area contributed by atoms with E-state index in [0.29, 0.717) is 11.6 Å². The number of aromatic hydroxyl groups is 1. The van der Waals surface area contributed by atoms with E-state index in [1.54, 1.807) is 0 Å². The zero-order chi connectivity index (χ0) is 10.2. The highest BCUT2D eigenvalue weighted by Gasteiger charge is 2.33. The average molecular weight is 255 g/mol. The molecule has 0 aliphatic rings. The second-order valence-electron chi connectivity index (χ2n) is 2.62. The number of aryl methyl sites for hydroxylation is 1. The van der Waals surface area contributed by atoms with Crippen molar-refractivity contribution in [1.29, 1.82) is 0 Å². The summed E-state index contributed by atoms with van der Waals surface area (Å²) >= 11 is 2.79. The number of rotatable bonds is 0. The Morgan fingerprint density at radius 2 is 1.85 bits per heavy atom. The maximum Gasteiger partial charge on any atom is 0.417 e. The molecule has 0 radical (unpaired) electrons. The molecule has 0 spiro atoms. The van der Waals surface area contributed by atoms with Crippen LogP contribution in [-0.4, -0.2) is 5.11 Å². The van der Waals surface area contributed by atoms with Crippen molar-refractivity contribution in [1.82, 2.24) is 0 Å². The highest BCUT2D eigenvalue weighted by molar-refractivity contribution is 9.10. The molecule has 0 bridgehead atoms. The Morgan fingerprint density at radius 3 is 2.31 bits per heavy atom. The van der Waals surface area contributed by atoms with E-state index in [1.165, 1.54) is 13.0 Å². The van der Waals surface area contributed by atoms with E-state index in [1.807, 2.05) is 0 Å². The molecule has 0 aliphatic carbocycles. The van der Waals surface area contributed by atoms with Gasteiger partial charge in [0.2, 0.25) is 0 Å². The first-order chi connectivity index (χ1) is 5.82. The maximum atomic E-state index is 12.2. The minimum absolute atomic E-state index is 0.0599. The van der Waals surface area contributed by atoms with Crippen LogP contribution in [0.2, 0.25) is 0 Å². The summed E-state index contributed by atoms with van der Waals surface area (Å²) in [5.41, 5.74) is -0.463. The van der Waals surface area contributed by atoms with Crippen LogP contribution in [0.4, 0.5) is 13.2 Å². The predicted molar refractivity (Wildman–Crippen MR) is 45.5 cm³/mol. The molecule has 0 aliphatic heterocycles. The molecular weight excluding hydrogens is 249 g/mol. The first-order valence-corrected chi connectivity index (χ1v) is 4.18. The number of benzene rings is 1. The maximum absolute atomic E-state index is 12.2. The Bertz CT molecular complexity index is 333. The lowest BCUT2D eigenvalue weighted by Gasteiger charge is -2.10. The Labute approximate surface area is 81.3 Å². The number of hydrogen-bond acceptors (Lipinski definition) is 1. The number of hydrogen-bond donors (Lipinski definition) is 1. The quantitative estimate of drug-likeness (QED) is 0.752. The Morgan fingerprint density at radius 1 is 1.31 bits per heavy atom. The molecule has 0 atom stereocenters. The first kappa shape index (κ1) is 10.4. The fourth-order valence-corrected chi connectivity index (χ4v) is 1.56. The van der Waals surface area contributed by atoms with E-state index in [-0.39, 0.29) is 10.2 Å². The van der Waals surface area contributed by atoms with Crippen LogP contribution in [0.1, 0.15) is 11.1 Å². The van der Waals surface area contributed by atoms with E-state index in [0.717, 1.165) is 0 Å². The molecule has 0 aromatic heterocycles. The predicted octanol–water partition coefficient (Wildman–Crippen LogP) is 3.48. The summed E-state index contributed by atoms with van der Waals surface area (Å²) < 4.78 is 36.6. The third kappa shape index (κ3) is 2.15. The highest BCUT2D eigenvalue weighted by atomic mass is 79.9. The van der Waals surface area contributed by atoms with Gasteiger partial charge in [-0.05, 0) is 24.6 Å². The topological polar surface area (TPSA) is 20.2 Å². The van der Waals surface area contributed by atoms with Gasteiger partial charge in [0, 0.05) is 4.47 Å². The smallest absolute Gasteiger partial charge is 0.417 e. The first-order valence-electron chi connectivity index (χ1n) is 3.38. The number of halogens is 4. The average Bonchev–Trinajstić information content (AvgIpc) is 1.94. The molecule has 0 saturated carbocycles. The van der Waals surface area contributed by atoms with E-state index < -0.39 is 11.7 Å². The second-order valence-corrected chi connectivity index (χ2v) is 3.47. The van der Waals surface area contributed by atoms with Gasteiger partial charge < -0.3 is 5.11 Å². The highest BCUT2D eigenvalue weighted by Crippen LogP contribution is 2.37. The van der Waals surface area contributed by atoms with Gasteiger partial charge in [0.1, 0.15) is 5.75 Å². The molecule has 0 heterocycles. The Balaban J connectivity index is 3.32. The Kier molecular flexibility index (Phi) is 2.56. The molecular formula is C8H6BrF3O. The fourth-order valence-electron chi connectivity index (χ4n) is 0.879. The van der Waals surface area contributed by atoms with Gasteiger partial charge in [-0.2, -0.15) is 13.2 Å². The monoisotopic (exact) mass is 254 g/mol. The standard InChI is InChI=1S/C8H6BrF3O/c1-4-2-6(9)5(3-7(4)13)8(10,11)12/h2-3,13H,1H3. The molecule has 5 heteroatoms. The van der Waals surface area contributed by atoms with E-state index in [4.69, 9.17) is 5.11 Å². The number of alkyl halides is 3. The van der Waals surface area contributed by atoms with Crippen LogP contribution in [0.3, 0.4) is 0 Å². The van der Waals surface area contributed by atoms with Gasteiger partial charge in [0.15, 0.2) is 0 Å². The van der Waals surface area contributed by atoms with Gasteiger partial charge in [-0.15, -0.1) is 0 Å². The van der Waals surface area contributed by atoms with Crippen LogP contribution < -0.4 is 0 Å². The molecule has 0 unspecified atom stereocenters. The normalized spacial score (nSPS) is 11.8. The minimum atomic E-state index is -4.44. The summed E-state index contributed by atoms with van der Waals surface area (Å²) in [6.45, 7) is 1.53. The molecule has 0 amide bonds. The molecule has 1 N–H and O–H groups in total. The molecule has 0 fully saturated rings. The largest absolute Gasteiger partial charge is 0.508 e. The zero-order valence-electron chi connectivity index (χ0n) is 6.61. The zero-order valence-corrected chi connectivity index (χ0v) is 8.20. The summed E-state index contributed by atoms with van der Waals surface area (Å²) in [5, 5.41) is 9.07. The molecule has 1 aromatic rings. The van der Waals surface area contributed by atoms with Gasteiger partial charge in [-0.3, -0.25) is 0 Å². The van der Waals surface area contributed by atoms with E-state index in [9.17, 15) is 13.2 Å². The molecule has 1 nitrogen and oxygen atoms in total. The molecule has 72 valence electrons. The van der Waals surface area contributed by atoms with E-state index in [2.05, 4.69) is 15.9 Å². The van der Waals surface area contributed by atoms with Crippen LogP contribution in [0.15, 0.2) is 16.6 Å². The van der Waals surface area contributed by atoms with Crippen LogP contribution in [0.25, 0.3) is 0 Å². The van der Waals surface area contributed by atoms with Crippen molar-refractivity contribution in [3.63, 3.8) is 0 Å². The van der Waals surface area contributed by atoms with Crippen molar-refractivity contribution < 1.29 is 18.3 Å². The number of phenols is 1. The van der Waals surface area contributed by atoms with Crippen molar-refractivity contribution in [2.24, 2.45) is 0 Å². The minimum Gasteiger partial charge on any atom is -0.508 e. The van der Waals surface area contributed by atoms with Crippen molar-refractivity contribution in [2.75, 3.05) is 0 Å². The van der Waals surface area contributed by atoms with Crippen molar-refractivity contribution in [3.8, 4) is 5.75 Å². The lowest BCUT2D eigenvalue weighted by Crippen LogP contribution is -2.05. The lowest BCUT2D eigenvalue weighted by molar-refractivity contribution is -0.138. The molecule has 0 saturated heterocycles. The third-order valence-corrected chi connectivity index (χ3v) is 2.25. The lowest BCUT2D eigenvalue weighted by atomic mass is 10.1. The van der Waals surface area contributed by atoms with Crippen LogP contribution in [-0.2, 0) is 6.18 Å².